The van der Waals surface area contributed by atoms with Crippen molar-refractivity contribution < 1.29 is 14.3 Å². The molecule has 1 atom stereocenters. The largest absolute Gasteiger partial charge is 0.453 e. The van der Waals surface area contributed by atoms with Crippen LogP contribution in [0.25, 0.3) is 10.2 Å². The van der Waals surface area contributed by atoms with Crippen molar-refractivity contribution in [3.63, 3.8) is 0 Å². The Balaban J connectivity index is 1.48. The number of aromatic nitrogens is 2. The van der Waals surface area contributed by atoms with Gasteiger partial charge >= 0.3 is 5.97 Å². The highest BCUT2D eigenvalue weighted by Gasteiger charge is 2.18. The van der Waals surface area contributed by atoms with Gasteiger partial charge < -0.3 is 10.1 Å². The normalized spacial score (nSPS) is 11.9. The molecule has 0 spiro atoms. The number of nitrogens with one attached hydrogen (secondary N) is 1. The summed E-state index contributed by atoms with van der Waals surface area (Å²) in [6.45, 7) is 1.51. The number of para-hydroxylation sites is 1. The molecule has 1 aromatic carbocycles. The van der Waals surface area contributed by atoms with Crippen molar-refractivity contribution in [3.05, 3.63) is 52.6 Å². The van der Waals surface area contributed by atoms with Crippen LogP contribution in [0, 0.1) is 0 Å². The van der Waals surface area contributed by atoms with E-state index < -0.39 is 18.0 Å². The number of carbonyl (C=O) groups excluding carboxylic acids is 2. The molecule has 0 aliphatic rings. The lowest BCUT2D eigenvalue weighted by Crippen LogP contribution is -2.30. The standard InChI is InChI=1S/C18H16ClN3O3S/c1-11(18(24)22-15-7-6-12(19)10-20-15)25-17(23)9-8-16-21-13-4-2-3-5-14(13)26-16/h2-7,10-11H,8-9H2,1H3,(H,20,22,24)/t11-/m0/s1. The van der Waals surface area contributed by atoms with Crippen molar-refractivity contribution in [3.8, 4) is 0 Å². The quantitative estimate of drug-likeness (QED) is 0.647. The zero-order valence-electron chi connectivity index (χ0n) is 13.9. The smallest absolute Gasteiger partial charge is 0.306 e. The summed E-state index contributed by atoms with van der Waals surface area (Å²) in [6.07, 6.45) is 1.14. The summed E-state index contributed by atoms with van der Waals surface area (Å²) in [7, 11) is 0. The van der Waals surface area contributed by atoms with Crippen molar-refractivity contribution in [1.29, 1.82) is 0 Å². The third kappa shape index (κ3) is 4.77. The molecule has 0 saturated carbocycles. The summed E-state index contributed by atoms with van der Waals surface area (Å²) >= 11 is 7.29. The van der Waals surface area contributed by atoms with E-state index in [1.165, 1.54) is 13.1 Å². The molecule has 1 amide bonds. The molecule has 134 valence electrons. The molecule has 0 bridgehead atoms. The van der Waals surface area contributed by atoms with E-state index in [0.717, 1.165) is 15.2 Å². The van der Waals surface area contributed by atoms with Crippen molar-refractivity contribution in [2.75, 3.05) is 5.32 Å². The number of hydrogen-bond acceptors (Lipinski definition) is 6. The van der Waals surface area contributed by atoms with Crippen LogP contribution in [0.3, 0.4) is 0 Å². The predicted molar refractivity (Wildman–Crippen MR) is 101 cm³/mol. The number of nitrogens with zero attached hydrogens (tertiary/aromatic N) is 2. The second kappa shape index (κ2) is 8.25. The van der Waals surface area contributed by atoms with Gasteiger partial charge in [-0.25, -0.2) is 9.97 Å². The fourth-order valence-electron chi connectivity index (χ4n) is 2.22. The molecular formula is C18H16ClN3O3S. The molecule has 3 rings (SSSR count). The second-order valence-electron chi connectivity index (χ2n) is 5.56. The molecule has 6 nitrogen and oxygen atoms in total. The lowest BCUT2D eigenvalue weighted by atomic mass is 10.3. The first kappa shape index (κ1) is 18.3. The number of hydrogen-bond donors (Lipinski definition) is 1. The van der Waals surface area contributed by atoms with Gasteiger partial charge in [0.1, 0.15) is 5.82 Å². The van der Waals surface area contributed by atoms with Gasteiger partial charge in [0.15, 0.2) is 6.10 Å². The summed E-state index contributed by atoms with van der Waals surface area (Å²) in [5.41, 5.74) is 0.920. The maximum absolute atomic E-state index is 12.1. The van der Waals surface area contributed by atoms with Crippen LogP contribution in [-0.4, -0.2) is 27.9 Å². The molecular weight excluding hydrogens is 374 g/mol. The van der Waals surface area contributed by atoms with Gasteiger partial charge in [-0.15, -0.1) is 11.3 Å². The lowest BCUT2D eigenvalue weighted by Gasteiger charge is -2.12. The highest BCUT2D eigenvalue weighted by atomic mass is 35.5. The molecule has 0 saturated heterocycles. The monoisotopic (exact) mass is 389 g/mol. The average molecular weight is 390 g/mol. The highest BCUT2D eigenvalue weighted by molar-refractivity contribution is 7.18. The van der Waals surface area contributed by atoms with Crippen LogP contribution < -0.4 is 5.32 Å². The van der Waals surface area contributed by atoms with Gasteiger partial charge in [0, 0.05) is 12.6 Å². The summed E-state index contributed by atoms with van der Waals surface area (Å²) < 4.78 is 6.26. The number of amides is 1. The minimum Gasteiger partial charge on any atom is -0.453 e. The van der Waals surface area contributed by atoms with Gasteiger partial charge in [-0.3, -0.25) is 9.59 Å². The van der Waals surface area contributed by atoms with Crippen LogP contribution in [0.2, 0.25) is 5.02 Å². The fraction of sp³-hybridized carbons (Fsp3) is 0.222. The van der Waals surface area contributed by atoms with Crippen LogP contribution >= 0.6 is 22.9 Å². The number of thiazole rings is 1. The lowest BCUT2D eigenvalue weighted by molar-refractivity contribution is -0.153. The van der Waals surface area contributed by atoms with Gasteiger partial charge in [-0.1, -0.05) is 23.7 Å². The van der Waals surface area contributed by atoms with Crippen molar-refractivity contribution in [2.45, 2.75) is 25.9 Å². The zero-order chi connectivity index (χ0) is 18.5. The second-order valence-corrected chi connectivity index (χ2v) is 7.11. The average Bonchev–Trinajstić information content (AvgIpc) is 3.05. The first-order valence-corrected chi connectivity index (χ1v) is 9.17. The molecule has 8 heteroatoms. The minimum atomic E-state index is -0.921. The summed E-state index contributed by atoms with van der Waals surface area (Å²) in [5, 5.41) is 3.91. The molecule has 0 fully saturated rings. The van der Waals surface area contributed by atoms with Crippen LogP contribution in [0.4, 0.5) is 5.82 Å². The van der Waals surface area contributed by atoms with Gasteiger partial charge in [0.2, 0.25) is 0 Å². The Kier molecular flexibility index (Phi) is 5.80. The number of pyridine rings is 1. The number of ether oxygens (including phenoxy) is 1. The summed E-state index contributed by atoms with van der Waals surface area (Å²) in [4.78, 5) is 32.5. The van der Waals surface area contributed by atoms with E-state index >= 15 is 0 Å². The molecule has 2 aromatic heterocycles. The van der Waals surface area contributed by atoms with Crippen LogP contribution in [0.1, 0.15) is 18.4 Å². The van der Waals surface area contributed by atoms with E-state index in [9.17, 15) is 9.59 Å². The Morgan fingerprint density at radius 3 is 2.81 bits per heavy atom. The number of carbonyl (C=O) groups is 2. The van der Waals surface area contributed by atoms with E-state index in [2.05, 4.69) is 15.3 Å². The number of rotatable bonds is 6. The molecule has 1 N–H and O–H groups in total. The van der Waals surface area contributed by atoms with Crippen molar-refractivity contribution in [2.24, 2.45) is 0 Å². The maximum Gasteiger partial charge on any atom is 0.306 e. The number of anilines is 1. The van der Waals surface area contributed by atoms with Gasteiger partial charge in [0.05, 0.1) is 26.7 Å². The Hall–Kier alpha value is -2.51. The van der Waals surface area contributed by atoms with Crippen LogP contribution in [0.15, 0.2) is 42.6 Å². The molecule has 0 radical (unpaired) electrons. The molecule has 0 aliphatic carbocycles. The predicted octanol–water partition coefficient (Wildman–Crippen LogP) is 3.85. The third-order valence-electron chi connectivity index (χ3n) is 3.54. The van der Waals surface area contributed by atoms with E-state index in [4.69, 9.17) is 16.3 Å². The molecule has 26 heavy (non-hydrogen) atoms. The molecule has 3 aromatic rings. The van der Waals surface area contributed by atoms with E-state index in [-0.39, 0.29) is 6.42 Å². The fourth-order valence-corrected chi connectivity index (χ4v) is 3.30. The molecule has 0 aliphatic heterocycles. The van der Waals surface area contributed by atoms with Gasteiger partial charge in [-0.05, 0) is 31.2 Å². The van der Waals surface area contributed by atoms with Crippen LogP contribution in [0.5, 0.6) is 0 Å². The van der Waals surface area contributed by atoms with Crippen molar-refractivity contribution >= 4 is 50.8 Å². The van der Waals surface area contributed by atoms with Gasteiger partial charge in [-0.2, -0.15) is 0 Å². The number of fused-ring (bicyclic) bond motifs is 1. The summed E-state index contributed by atoms with van der Waals surface area (Å²) in [6, 6.07) is 11.0. The highest BCUT2D eigenvalue weighted by Crippen LogP contribution is 2.22. The summed E-state index contributed by atoms with van der Waals surface area (Å²) in [5.74, 6) is -0.555. The van der Waals surface area contributed by atoms with Crippen molar-refractivity contribution in [1.82, 2.24) is 9.97 Å². The first-order valence-electron chi connectivity index (χ1n) is 7.97. The Bertz CT molecular complexity index is 894. The van der Waals surface area contributed by atoms with Gasteiger partial charge in [0.25, 0.3) is 5.91 Å². The van der Waals surface area contributed by atoms with E-state index in [1.807, 2.05) is 24.3 Å². The Morgan fingerprint density at radius 1 is 1.27 bits per heavy atom. The van der Waals surface area contributed by atoms with Crippen LogP contribution in [-0.2, 0) is 20.7 Å². The maximum atomic E-state index is 12.1. The number of esters is 1. The molecule has 0 unspecified atom stereocenters. The number of aryl methyl sites for hydroxylation is 1. The third-order valence-corrected chi connectivity index (χ3v) is 4.86. The zero-order valence-corrected chi connectivity index (χ0v) is 15.5. The Morgan fingerprint density at radius 2 is 2.08 bits per heavy atom. The van der Waals surface area contributed by atoms with E-state index in [0.29, 0.717) is 17.3 Å². The number of benzene rings is 1. The minimum absolute atomic E-state index is 0.163. The number of halogens is 1. The first-order chi connectivity index (χ1) is 12.5. The topological polar surface area (TPSA) is 81.2 Å². The van der Waals surface area contributed by atoms with E-state index in [1.54, 1.807) is 23.5 Å². The molecule has 2 heterocycles. The SMILES string of the molecule is C[C@H](OC(=O)CCc1nc2ccccc2s1)C(=O)Nc1ccc(Cl)cn1. The Labute approximate surface area is 159 Å².